The normalized spacial score (nSPS) is 13.9. The highest BCUT2D eigenvalue weighted by atomic mass is 16.6. The van der Waals surface area contributed by atoms with Crippen LogP contribution in [0.25, 0.3) is 11.1 Å². The fourth-order valence-electron chi connectivity index (χ4n) is 3.27. The lowest BCUT2D eigenvalue weighted by atomic mass is 9.98. The largest absolute Gasteiger partial charge is 0.463 e. The molecule has 0 saturated heterocycles. The van der Waals surface area contributed by atoms with Gasteiger partial charge in [-0.25, -0.2) is 4.79 Å². The Morgan fingerprint density at radius 3 is 2.19 bits per heavy atom. The van der Waals surface area contributed by atoms with Crippen LogP contribution in [0.1, 0.15) is 17.0 Å². The second-order valence-electron chi connectivity index (χ2n) is 6.35. The van der Waals surface area contributed by atoms with Gasteiger partial charge in [0.05, 0.1) is 26.4 Å². The van der Waals surface area contributed by atoms with Crippen LogP contribution in [0.15, 0.2) is 48.5 Å². The van der Waals surface area contributed by atoms with Gasteiger partial charge in [-0.15, -0.1) is 0 Å². The minimum Gasteiger partial charge on any atom is -0.463 e. The van der Waals surface area contributed by atoms with Crippen molar-refractivity contribution < 1.29 is 24.1 Å². The Hall–Kier alpha value is -2.25. The van der Waals surface area contributed by atoms with Crippen molar-refractivity contribution in [3.63, 3.8) is 0 Å². The lowest BCUT2D eigenvalue weighted by Gasteiger charge is -2.16. The summed E-state index contributed by atoms with van der Waals surface area (Å²) in [4.78, 5) is 12.1. The van der Waals surface area contributed by atoms with Crippen molar-refractivity contribution in [2.24, 2.45) is 5.73 Å². The number of hydrogen-bond donors (Lipinski definition) is 2. The van der Waals surface area contributed by atoms with Gasteiger partial charge in [0, 0.05) is 12.5 Å². The summed E-state index contributed by atoms with van der Waals surface area (Å²) in [6.45, 7) is 1.62. The molecule has 144 valence electrons. The number of carbonyl (C=O) groups excluding carboxylic acids is 1. The van der Waals surface area contributed by atoms with Crippen molar-refractivity contribution in [3.05, 3.63) is 59.7 Å². The summed E-state index contributed by atoms with van der Waals surface area (Å²) >= 11 is 0. The molecule has 0 aliphatic heterocycles. The van der Waals surface area contributed by atoms with Crippen LogP contribution in [0.4, 0.5) is 0 Å². The minimum atomic E-state index is -1.31. The topological polar surface area (TPSA) is 91.0 Å². The van der Waals surface area contributed by atoms with Crippen LogP contribution in [0.5, 0.6) is 0 Å². The molecule has 0 fully saturated rings. The zero-order valence-electron chi connectivity index (χ0n) is 15.2. The molecule has 0 aromatic heterocycles. The van der Waals surface area contributed by atoms with Gasteiger partial charge in [0.2, 0.25) is 0 Å². The summed E-state index contributed by atoms with van der Waals surface area (Å²) in [6.07, 6.45) is -1.31. The van der Waals surface area contributed by atoms with E-state index in [0.29, 0.717) is 19.8 Å². The van der Waals surface area contributed by atoms with Crippen LogP contribution in [-0.2, 0) is 19.0 Å². The first-order valence-corrected chi connectivity index (χ1v) is 9.11. The fraction of sp³-hybridized carbons (Fsp3) is 0.381. The van der Waals surface area contributed by atoms with E-state index in [1.165, 1.54) is 0 Å². The summed E-state index contributed by atoms with van der Waals surface area (Å²) in [5.41, 5.74) is 9.90. The number of ether oxygens (including phenoxy) is 3. The highest BCUT2D eigenvalue weighted by Crippen LogP contribution is 2.44. The summed E-state index contributed by atoms with van der Waals surface area (Å²) < 4.78 is 15.8. The SMILES string of the molecule is NCCOCCOC[C@H](O)C(=O)OCC1c2ccccc2-c2ccccc21. The van der Waals surface area contributed by atoms with Crippen LogP contribution >= 0.6 is 0 Å². The maximum atomic E-state index is 12.1. The summed E-state index contributed by atoms with van der Waals surface area (Å²) in [7, 11) is 0. The van der Waals surface area contributed by atoms with Gasteiger partial charge in [-0.05, 0) is 22.3 Å². The summed E-state index contributed by atoms with van der Waals surface area (Å²) in [5.74, 6) is -0.709. The van der Waals surface area contributed by atoms with E-state index in [0.717, 1.165) is 22.3 Å². The molecule has 0 saturated carbocycles. The average Bonchev–Trinajstić information content (AvgIpc) is 3.02. The number of carbonyl (C=O) groups is 1. The molecule has 1 aliphatic rings. The first kappa shape index (κ1) is 19.5. The molecule has 0 radical (unpaired) electrons. The van der Waals surface area contributed by atoms with Crippen molar-refractivity contribution in [1.82, 2.24) is 0 Å². The number of rotatable bonds is 10. The summed E-state index contributed by atoms with van der Waals surface area (Å²) in [5, 5.41) is 9.92. The van der Waals surface area contributed by atoms with Gasteiger partial charge >= 0.3 is 5.97 Å². The standard InChI is InChI=1S/C21H25NO5/c22-9-10-25-11-12-26-14-20(23)21(24)27-13-19-17-7-3-1-5-15(17)16-6-2-4-8-18(16)19/h1-8,19-20,23H,9-14,22H2/t20-/m0/s1. The van der Waals surface area contributed by atoms with Gasteiger partial charge < -0.3 is 25.1 Å². The van der Waals surface area contributed by atoms with Crippen molar-refractivity contribution in [2.75, 3.05) is 39.6 Å². The Morgan fingerprint density at radius 2 is 1.56 bits per heavy atom. The van der Waals surface area contributed by atoms with E-state index in [-0.39, 0.29) is 25.7 Å². The number of fused-ring (bicyclic) bond motifs is 3. The molecular formula is C21H25NO5. The van der Waals surface area contributed by atoms with Crippen LogP contribution in [0.3, 0.4) is 0 Å². The minimum absolute atomic E-state index is 0.0286. The van der Waals surface area contributed by atoms with Crippen LogP contribution in [0, 0.1) is 0 Å². The van der Waals surface area contributed by atoms with Crippen molar-refractivity contribution in [2.45, 2.75) is 12.0 Å². The lowest BCUT2D eigenvalue weighted by Crippen LogP contribution is -2.30. The third-order valence-corrected chi connectivity index (χ3v) is 4.54. The maximum absolute atomic E-state index is 12.1. The zero-order chi connectivity index (χ0) is 19.1. The summed E-state index contributed by atoms with van der Waals surface area (Å²) in [6, 6.07) is 16.2. The van der Waals surface area contributed by atoms with Gasteiger partial charge in [0.15, 0.2) is 6.10 Å². The Morgan fingerprint density at radius 1 is 0.963 bits per heavy atom. The van der Waals surface area contributed by atoms with Gasteiger partial charge in [0.25, 0.3) is 0 Å². The molecule has 2 aromatic rings. The van der Waals surface area contributed by atoms with Crippen molar-refractivity contribution >= 4 is 5.97 Å². The molecule has 0 spiro atoms. The van der Waals surface area contributed by atoms with Gasteiger partial charge in [0.1, 0.15) is 6.61 Å². The molecule has 3 rings (SSSR count). The molecule has 3 N–H and O–H groups in total. The van der Waals surface area contributed by atoms with Gasteiger partial charge in [-0.1, -0.05) is 48.5 Å². The maximum Gasteiger partial charge on any atom is 0.337 e. The van der Waals surface area contributed by atoms with Crippen LogP contribution in [0.2, 0.25) is 0 Å². The molecular weight excluding hydrogens is 346 g/mol. The molecule has 6 heteroatoms. The highest BCUT2D eigenvalue weighted by Gasteiger charge is 2.29. The number of hydrogen-bond acceptors (Lipinski definition) is 6. The second kappa shape index (κ2) is 9.62. The zero-order valence-corrected chi connectivity index (χ0v) is 15.2. The van der Waals surface area contributed by atoms with Crippen molar-refractivity contribution in [3.8, 4) is 11.1 Å². The monoisotopic (exact) mass is 371 g/mol. The number of aliphatic hydroxyl groups excluding tert-OH is 1. The first-order valence-electron chi connectivity index (χ1n) is 9.11. The Kier molecular flexibility index (Phi) is 6.95. The van der Waals surface area contributed by atoms with Gasteiger partial charge in [-0.2, -0.15) is 0 Å². The fourth-order valence-corrected chi connectivity index (χ4v) is 3.27. The number of aliphatic hydroxyl groups is 1. The predicted molar refractivity (Wildman–Crippen MR) is 101 cm³/mol. The van der Waals surface area contributed by atoms with Crippen molar-refractivity contribution in [1.29, 1.82) is 0 Å². The molecule has 0 amide bonds. The molecule has 0 unspecified atom stereocenters. The molecule has 1 aliphatic carbocycles. The van der Waals surface area contributed by atoms with E-state index in [1.807, 2.05) is 24.3 Å². The van der Waals surface area contributed by atoms with E-state index in [1.54, 1.807) is 0 Å². The third kappa shape index (κ3) is 4.73. The Labute approximate surface area is 158 Å². The molecule has 2 aromatic carbocycles. The highest BCUT2D eigenvalue weighted by molar-refractivity contribution is 5.79. The van der Waals surface area contributed by atoms with E-state index < -0.39 is 12.1 Å². The second-order valence-corrected chi connectivity index (χ2v) is 6.35. The lowest BCUT2D eigenvalue weighted by molar-refractivity contribution is -0.157. The number of nitrogens with two attached hydrogens (primary N) is 1. The average molecular weight is 371 g/mol. The van der Waals surface area contributed by atoms with Gasteiger partial charge in [-0.3, -0.25) is 0 Å². The quantitative estimate of drug-likeness (QED) is 0.488. The molecule has 0 bridgehead atoms. The molecule has 27 heavy (non-hydrogen) atoms. The van der Waals surface area contributed by atoms with E-state index in [9.17, 15) is 9.90 Å². The third-order valence-electron chi connectivity index (χ3n) is 4.54. The van der Waals surface area contributed by atoms with E-state index in [4.69, 9.17) is 19.9 Å². The predicted octanol–water partition coefficient (Wildman–Crippen LogP) is 1.69. The van der Waals surface area contributed by atoms with E-state index >= 15 is 0 Å². The first-order chi connectivity index (χ1) is 13.2. The van der Waals surface area contributed by atoms with Crippen LogP contribution in [-0.4, -0.2) is 56.8 Å². The smallest absolute Gasteiger partial charge is 0.337 e. The molecule has 6 nitrogen and oxygen atoms in total. The molecule has 0 heterocycles. The Bertz CT molecular complexity index is 718. The number of esters is 1. The number of benzene rings is 2. The molecule has 1 atom stereocenters. The Balaban J connectivity index is 1.52. The van der Waals surface area contributed by atoms with E-state index in [2.05, 4.69) is 24.3 Å². The van der Waals surface area contributed by atoms with Crippen LogP contribution < -0.4 is 5.73 Å².